The van der Waals surface area contributed by atoms with Crippen LogP contribution in [-0.2, 0) is 24.8 Å². The Bertz CT molecular complexity index is 1280. The van der Waals surface area contributed by atoms with Crippen LogP contribution in [0.5, 0.6) is 5.75 Å². The molecule has 2 aromatic rings. The van der Waals surface area contributed by atoms with Crippen molar-refractivity contribution in [2.75, 3.05) is 36.8 Å². The fourth-order valence-electron chi connectivity index (χ4n) is 3.93. The standard InChI is InChI=1S/C23H29ClFN3O6S2/c1-3-22(28(35(2,30)31)17-6-11-21(25)20(24)16-17)23(29)26-12-15-34-18-7-9-19(10-8-18)36(32,33)27-13-4-5-14-27/h6-11,16,22H,3-5,12-15H2,1-2H3,(H,26,29)/t22-/m1/s1. The molecule has 1 aliphatic heterocycles. The number of hydrogen-bond donors (Lipinski definition) is 1. The molecular weight excluding hydrogens is 533 g/mol. The topological polar surface area (TPSA) is 113 Å². The minimum Gasteiger partial charge on any atom is -0.492 e. The first-order chi connectivity index (χ1) is 16.9. The van der Waals surface area contributed by atoms with Crippen LogP contribution in [0.2, 0.25) is 5.02 Å². The summed E-state index contributed by atoms with van der Waals surface area (Å²) in [5, 5.41) is 2.39. The van der Waals surface area contributed by atoms with Crippen molar-refractivity contribution >= 4 is 43.2 Å². The first kappa shape index (κ1) is 28.2. The van der Waals surface area contributed by atoms with Crippen LogP contribution in [0.25, 0.3) is 0 Å². The highest BCUT2D eigenvalue weighted by molar-refractivity contribution is 7.92. The van der Waals surface area contributed by atoms with Crippen LogP contribution in [0, 0.1) is 5.82 Å². The number of nitrogens with zero attached hydrogens (tertiary/aromatic N) is 2. The molecule has 1 aliphatic rings. The largest absolute Gasteiger partial charge is 0.492 e. The molecule has 1 amide bonds. The number of ether oxygens (including phenoxy) is 1. The summed E-state index contributed by atoms with van der Waals surface area (Å²) in [7, 11) is -7.41. The zero-order valence-electron chi connectivity index (χ0n) is 20.0. The molecule has 1 fully saturated rings. The van der Waals surface area contributed by atoms with Crippen LogP contribution < -0.4 is 14.4 Å². The minimum absolute atomic E-state index is 0.0711. The molecule has 0 radical (unpaired) electrons. The van der Waals surface area contributed by atoms with Gasteiger partial charge in [0.05, 0.1) is 28.4 Å². The summed E-state index contributed by atoms with van der Waals surface area (Å²) in [5.41, 5.74) is 0.0751. The van der Waals surface area contributed by atoms with Crippen molar-refractivity contribution in [1.82, 2.24) is 9.62 Å². The Balaban J connectivity index is 1.59. The van der Waals surface area contributed by atoms with Crippen LogP contribution in [0.4, 0.5) is 10.1 Å². The smallest absolute Gasteiger partial charge is 0.244 e. The molecule has 0 bridgehead atoms. The maximum Gasteiger partial charge on any atom is 0.244 e. The average molecular weight is 562 g/mol. The third kappa shape index (κ3) is 6.67. The van der Waals surface area contributed by atoms with Gasteiger partial charge in [-0.05, 0) is 61.7 Å². The van der Waals surface area contributed by atoms with E-state index in [1.807, 2.05) is 0 Å². The van der Waals surface area contributed by atoms with E-state index in [1.165, 1.54) is 22.5 Å². The van der Waals surface area contributed by atoms with E-state index in [-0.39, 0.29) is 35.2 Å². The molecule has 1 saturated heterocycles. The number of anilines is 1. The molecule has 36 heavy (non-hydrogen) atoms. The summed E-state index contributed by atoms with van der Waals surface area (Å²) >= 11 is 5.81. The maximum absolute atomic E-state index is 13.6. The second-order valence-electron chi connectivity index (χ2n) is 8.30. The highest BCUT2D eigenvalue weighted by atomic mass is 35.5. The Morgan fingerprint density at radius 1 is 1.14 bits per heavy atom. The van der Waals surface area contributed by atoms with Crippen molar-refractivity contribution in [3.63, 3.8) is 0 Å². The van der Waals surface area contributed by atoms with Gasteiger partial charge in [0.25, 0.3) is 0 Å². The molecule has 13 heteroatoms. The van der Waals surface area contributed by atoms with Gasteiger partial charge in [0.15, 0.2) is 0 Å². The van der Waals surface area contributed by atoms with Crippen molar-refractivity contribution in [3.8, 4) is 5.75 Å². The second-order valence-corrected chi connectivity index (χ2v) is 12.5. The summed E-state index contributed by atoms with van der Waals surface area (Å²) in [5.74, 6) is -0.834. The Hall–Kier alpha value is -2.41. The van der Waals surface area contributed by atoms with Crippen LogP contribution in [0.3, 0.4) is 0 Å². The fourth-order valence-corrected chi connectivity index (χ4v) is 6.82. The normalized spacial score (nSPS) is 15.4. The lowest BCUT2D eigenvalue weighted by Crippen LogP contribution is -2.50. The van der Waals surface area contributed by atoms with Gasteiger partial charge in [0, 0.05) is 13.1 Å². The Kier molecular flexibility index (Phi) is 9.20. The molecule has 9 nitrogen and oxygen atoms in total. The van der Waals surface area contributed by atoms with Crippen molar-refractivity contribution in [2.45, 2.75) is 37.1 Å². The van der Waals surface area contributed by atoms with Gasteiger partial charge in [-0.3, -0.25) is 9.10 Å². The fraction of sp³-hybridized carbons (Fsp3) is 0.435. The van der Waals surface area contributed by atoms with Gasteiger partial charge in [-0.25, -0.2) is 21.2 Å². The molecule has 2 aromatic carbocycles. The number of benzene rings is 2. The SMILES string of the molecule is CC[C@H](C(=O)NCCOc1ccc(S(=O)(=O)N2CCCC2)cc1)N(c1ccc(F)c(Cl)c1)S(C)(=O)=O. The van der Waals surface area contributed by atoms with Gasteiger partial charge in [-0.15, -0.1) is 0 Å². The molecule has 0 aliphatic carbocycles. The molecule has 1 heterocycles. The van der Waals surface area contributed by atoms with Crippen LogP contribution in [-0.4, -0.2) is 65.6 Å². The Morgan fingerprint density at radius 2 is 1.78 bits per heavy atom. The number of carbonyl (C=O) groups is 1. The van der Waals surface area contributed by atoms with Gasteiger partial charge in [0.1, 0.15) is 24.2 Å². The van der Waals surface area contributed by atoms with Gasteiger partial charge in [-0.2, -0.15) is 4.31 Å². The average Bonchev–Trinajstić information content (AvgIpc) is 3.37. The predicted molar refractivity (Wildman–Crippen MR) is 136 cm³/mol. The van der Waals surface area contributed by atoms with Crippen molar-refractivity contribution in [2.24, 2.45) is 0 Å². The van der Waals surface area contributed by atoms with Gasteiger partial charge < -0.3 is 10.1 Å². The quantitative estimate of drug-likeness (QED) is 0.422. The number of nitrogens with one attached hydrogen (secondary N) is 1. The van der Waals surface area contributed by atoms with Gasteiger partial charge >= 0.3 is 0 Å². The van der Waals surface area contributed by atoms with Crippen molar-refractivity contribution in [1.29, 1.82) is 0 Å². The Morgan fingerprint density at radius 3 is 2.33 bits per heavy atom. The molecule has 1 N–H and O–H groups in total. The summed E-state index contributed by atoms with van der Waals surface area (Å²) in [6.45, 7) is 2.84. The number of amides is 1. The molecule has 198 valence electrons. The van der Waals surface area contributed by atoms with E-state index in [0.717, 1.165) is 35.5 Å². The van der Waals surface area contributed by atoms with Crippen molar-refractivity contribution < 1.29 is 30.8 Å². The molecule has 0 aromatic heterocycles. The summed E-state index contributed by atoms with van der Waals surface area (Å²) < 4.78 is 71.7. The van der Waals surface area contributed by atoms with Gasteiger partial charge in [0.2, 0.25) is 26.0 Å². The number of rotatable bonds is 11. The minimum atomic E-state index is -3.89. The van der Waals surface area contributed by atoms with Gasteiger partial charge in [-0.1, -0.05) is 18.5 Å². The van der Waals surface area contributed by atoms with Crippen LogP contribution >= 0.6 is 11.6 Å². The van der Waals surface area contributed by atoms with Crippen LogP contribution in [0.1, 0.15) is 26.2 Å². The zero-order valence-corrected chi connectivity index (χ0v) is 22.4. The molecule has 0 unspecified atom stereocenters. The number of sulfonamides is 2. The van der Waals surface area contributed by atoms with E-state index in [2.05, 4.69) is 5.32 Å². The summed E-state index contributed by atoms with van der Waals surface area (Å²) in [6, 6.07) is 8.40. The zero-order chi connectivity index (χ0) is 26.5. The number of hydrogen-bond acceptors (Lipinski definition) is 6. The lowest BCUT2D eigenvalue weighted by molar-refractivity contribution is -0.122. The van der Waals surface area contributed by atoms with E-state index >= 15 is 0 Å². The number of halogens is 2. The monoisotopic (exact) mass is 561 g/mol. The first-order valence-corrected chi connectivity index (χ1v) is 15.1. The molecule has 1 atom stereocenters. The third-order valence-electron chi connectivity index (χ3n) is 5.68. The molecule has 0 spiro atoms. The lowest BCUT2D eigenvalue weighted by Gasteiger charge is -2.30. The third-order valence-corrected chi connectivity index (χ3v) is 9.07. The molecule has 3 rings (SSSR count). The van der Waals surface area contributed by atoms with E-state index < -0.39 is 37.8 Å². The maximum atomic E-state index is 13.6. The highest BCUT2D eigenvalue weighted by Crippen LogP contribution is 2.27. The predicted octanol–water partition coefficient (Wildman–Crippen LogP) is 3.00. The van der Waals surface area contributed by atoms with E-state index in [1.54, 1.807) is 19.1 Å². The Labute approximate surface area is 216 Å². The lowest BCUT2D eigenvalue weighted by atomic mass is 10.2. The number of carbonyl (C=O) groups excluding carboxylic acids is 1. The molecule has 0 saturated carbocycles. The molecular formula is C23H29ClFN3O6S2. The van der Waals surface area contributed by atoms with E-state index in [0.29, 0.717) is 18.8 Å². The van der Waals surface area contributed by atoms with Crippen LogP contribution in [0.15, 0.2) is 47.4 Å². The second kappa shape index (κ2) is 11.8. The summed E-state index contributed by atoms with van der Waals surface area (Å²) in [6.07, 6.45) is 2.81. The first-order valence-electron chi connectivity index (χ1n) is 11.4. The highest BCUT2D eigenvalue weighted by Gasteiger charge is 2.32. The van der Waals surface area contributed by atoms with E-state index in [4.69, 9.17) is 16.3 Å². The summed E-state index contributed by atoms with van der Waals surface area (Å²) in [4.78, 5) is 13.0. The van der Waals surface area contributed by atoms with E-state index in [9.17, 15) is 26.0 Å². The van der Waals surface area contributed by atoms with Crippen molar-refractivity contribution in [3.05, 3.63) is 53.3 Å².